The van der Waals surface area contributed by atoms with Gasteiger partial charge in [-0.15, -0.1) is 0 Å². The molecule has 8 nitrogen and oxygen atoms in total. The zero-order valence-corrected chi connectivity index (χ0v) is 11.1. The number of nitro groups is 1. The zero-order chi connectivity index (χ0) is 16.1. The molecule has 0 saturated heterocycles. The predicted octanol–water partition coefficient (Wildman–Crippen LogP) is 2.44. The second-order valence-corrected chi connectivity index (χ2v) is 4.26. The summed E-state index contributed by atoms with van der Waals surface area (Å²) in [6, 6.07) is 9.79. The fourth-order valence-electron chi connectivity index (χ4n) is 1.68. The van der Waals surface area contributed by atoms with Crippen LogP contribution in [0.3, 0.4) is 0 Å². The van der Waals surface area contributed by atoms with Crippen molar-refractivity contribution in [3.05, 3.63) is 63.7 Å². The molecule has 0 fully saturated rings. The van der Waals surface area contributed by atoms with Gasteiger partial charge in [-0.3, -0.25) is 15.5 Å². The van der Waals surface area contributed by atoms with Crippen molar-refractivity contribution in [2.45, 2.75) is 0 Å². The highest BCUT2D eigenvalue weighted by atomic mass is 16.6. The topological polar surface area (TPSA) is 125 Å². The maximum absolute atomic E-state index is 10.9. The van der Waals surface area contributed by atoms with E-state index >= 15 is 0 Å². The molecule has 0 radical (unpaired) electrons. The van der Waals surface area contributed by atoms with E-state index in [1.54, 1.807) is 6.07 Å². The smallest absolute Gasteiger partial charge is 0.339 e. The monoisotopic (exact) mass is 301 g/mol. The molecule has 8 heteroatoms. The van der Waals surface area contributed by atoms with Gasteiger partial charge in [0, 0.05) is 17.7 Å². The fraction of sp³-hybridized carbons (Fsp3) is 0. The van der Waals surface area contributed by atoms with Crippen LogP contribution in [0.5, 0.6) is 5.75 Å². The van der Waals surface area contributed by atoms with Crippen molar-refractivity contribution in [2.75, 3.05) is 5.43 Å². The van der Waals surface area contributed by atoms with Gasteiger partial charge in [0.2, 0.25) is 0 Å². The second kappa shape index (κ2) is 6.35. The number of carboxylic acids is 1. The van der Waals surface area contributed by atoms with Crippen LogP contribution in [0.15, 0.2) is 47.6 Å². The number of rotatable bonds is 5. The Balaban J connectivity index is 2.13. The Hall–Kier alpha value is -3.42. The van der Waals surface area contributed by atoms with E-state index in [0.717, 1.165) is 0 Å². The van der Waals surface area contributed by atoms with Crippen LogP contribution < -0.4 is 5.43 Å². The molecule has 0 unspecified atom stereocenters. The number of hydrogen-bond donors (Lipinski definition) is 3. The van der Waals surface area contributed by atoms with Crippen molar-refractivity contribution in [1.29, 1.82) is 0 Å². The lowest BCUT2D eigenvalue weighted by molar-refractivity contribution is -0.384. The summed E-state index contributed by atoms with van der Waals surface area (Å²) in [7, 11) is 0. The quantitative estimate of drug-likeness (QED) is 0.337. The minimum Gasteiger partial charge on any atom is -0.507 e. The molecule has 0 spiro atoms. The van der Waals surface area contributed by atoms with Crippen LogP contribution in [0.25, 0.3) is 0 Å². The highest BCUT2D eigenvalue weighted by Crippen LogP contribution is 2.21. The number of aromatic carboxylic acids is 1. The lowest BCUT2D eigenvalue weighted by atomic mass is 10.2. The molecule has 112 valence electrons. The molecule has 0 bridgehead atoms. The average Bonchev–Trinajstić information content (AvgIpc) is 2.49. The van der Waals surface area contributed by atoms with Gasteiger partial charge in [0.1, 0.15) is 11.3 Å². The summed E-state index contributed by atoms with van der Waals surface area (Å²) in [5.41, 5.74) is 3.15. The second-order valence-electron chi connectivity index (χ2n) is 4.26. The molecular weight excluding hydrogens is 290 g/mol. The average molecular weight is 301 g/mol. The number of carbonyl (C=O) groups is 1. The summed E-state index contributed by atoms with van der Waals surface area (Å²) in [5, 5.41) is 32.8. The fourth-order valence-corrected chi connectivity index (χ4v) is 1.68. The van der Waals surface area contributed by atoms with Crippen LogP contribution >= 0.6 is 0 Å². The minimum absolute atomic E-state index is 0.0539. The number of nitro benzene ring substituents is 1. The lowest BCUT2D eigenvalue weighted by Gasteiger charge is -2.03. The summed E-state index contributed by atoms with van der Waals surface area (Å²) >= 11 is 0. The van der Waals surface area contributed by atoms with E-state index in [1.807, 2.05) is 0 Å². The summed E-state index contributed by atoms with van der Waals surface area (Å²) < 4.78 is 0. The number of hydrazone groups is 1. The van der Waals surface area contributed by atoms with Gasteiger partial charge in [0.15, 0.2) is 0 Å². The molecule has 0 heterocycles. The van der Waals surface area contributed by atoms with Crippen LogP contribution in [-0.2, 0) is 0 Å². The standard InChI is InChI=1S/C14H11N3O5/c18-13-5-4-10(7-12(13)14(19)20)16-15-8-9-2-1-3-11(6-9)17(21)22/h1-8,16,18H,(H,19,20). The van der Waals surface area contributed by atoms with Gasteiger partial charge in [-0.05, 0) is 18.2 Å². The van der Waals surface area contributed by atoms with Crippen molar-refractivity contribution in [3.63, 3.8) is 0 Å². The van der Waals surface area contributed by atoms with Gasteiger partial charge in [-0.25, -0.2) is 4.79 Å². The summed E-state index contributed by atoms with van der Waals surface area (Å²) in [5.74, 6) is -1.61. The Bertz CT molecular complexity index is 758. The zero-order valence-electron chi connectivity index (χ0n) is 11.1. The van der Waals surface area contributed by atoms with Gasteiger partial charge >= 0.3 is 5.97 Å². The molecule has 0 aliphatic carbocycles. The van der Waals surface area contributed by atoms with E-state index < -0.39 is 10.9 Å². The third-order valence-electron chi connectivity index (χ3n) is 2.72. The van der Waals surface area contributed by atoms with E-state index in [9.17, 15) is 20.0 Å². The maximum Gasteiger partial charge on any atom is 0.339 e. The number of benzene rings is 2. The van der Waals surface area contributed by atoms with Crippen molar-refractivity contribution in [2.24, 2.45) is 5.10 Å². The molecule has 2 rings (SSSR count). The number of anilines is 1. The first-order chi connectivity index (χ1) is 10.5. The highest BCUT2D eigenvalue weighted by Gasteiger charge is 2.09. The Morgan fingerprint density at radius 2 is 2.05 bits per heavy atom. The van der Waals surface area contributed by atoms with E-state index in [4.69, 9.17) is 5.11 Å². The van der Waals surface area contributed by atoms with Gasteiger partial charge in [0.25, 0.3) is 5.69 Å². The van der Waals surface area contributed by atoms with E-state index in [-0.39, 0.29) is 17.0 Å². The lowest BCUT2D eigenvalue weighted by Crippen LogP contribution is -1.99. The van der Waals surface area contributed by atoms with Crippen molar-refractivity contribution < 1.29 is 19.9 Å². The molecular formula is C14H11N3O5. The Morgan fingerprint density at radius 1 is 1.27 bits per heavy atom. The van der Waals surface area contributed by atoms with Crippen LogP contribution in [0.2, 0.25) is 0 Å². The first kappa shape index (κ1) is 15.0. The van der Waals surface area contributed by atoms with Crippen LogP contribution in [-0.4, -0.2) is 27.3 Å². The molecule has 0 aliphatic rings. The number of phenols is 1. The number of aromatic hydroxyl groups is 1. The molecule has 2 aromatic rings. The first-order valence-corrected chi connectivity index (χ1v) is 6.07. The van der Waals surface area contributed by atoms with Gasteiger partial charge in [-0.2, -0.15) is 5.10 Å². The van der Waals surface area contributed by atoms with Crippen LogP contribution in [0, 0.1) is 10.1 Å². The minimum atomic E-state index is -1.26. The van der Waals surface area contributed by atoms with Crippen LogP contribution in [0.1, 0.15) is 15.9 Å². The number of nitrogens with zero attached hydrogens (tertiary/aromatic N) is 2. The first-order valence-electron chi connectivity index (χ1n) is 6.07. The number of hydrogen-bond acceptors (Lipinski definition) is 6. The molecule has 0 aliphatic heterocycles. The van der Waals surface area contributed by atoms with Crippen molar-refractivity contribution >= 4 is 23.6 Å². The molecule has 2 aromatic carbocycles. The number of nitrogens with one attached hydrogen (secondary N) is 1. The number of non-ortho nitro benzene ring substituents is 1. The molecule has 0 aromatic heterocycles. The molecule has 22 heavy (non-hydrogen) atoms. The normalized spacial score (nSPS) is 10.5. The van der Waals surface area contributed by atoms with Gasteiger partial charge in [-0.1, -0.05) is 12.1 Å². The maximum atomic E-state index is 10.9. The molecule has 3 N–H and O–H groups in total. The third-order valence-corrected chi connectivity index (χ3v) is 2.72. The highest BCUT2D eigenvalue weighted by molar-refractivity contribution is 5.92. The Labute approximate surface area is 124 Å². The number of carboxylic acid groups (broad SMARTS) is 1. The Kier molecular flexibility index (Phi) is 4.33. The van der Waals surface area contributed by atoms with E-state index in [0.29, 0.717) is 11.3 Å². The molecule has 0 saturated carbocycles. The molecule has 0 atom stereocenters. The largest absolute Gasteiger partial charge is 0.507 e. The Morgan fingerprint density at radius 3 is 2.73 bits per heavy atom. The van der Waals surface area contributed by atoms with Gasteiger partial charge in [0.05, 0.1) is 16.8 Å². The van der Waals surface area contributed by atoms with Crippen molar-refractivity contribution in [1.82, 2.24) is 0 Å². The van der Waals surface area contributed by atoms with Crippen molar-refractivity contribution in [3.8, 4) is 5.75 Å². The van der Waals surface area contributed by atoms with E-state index in [1.165, 1.54) is 42.6 Å². The summed E-state index contributed by atoms with van der Waals surface area (Å²) in [6.07, 6.45) is 1.36. The van der Waals surface area contributed by atoms with E-state index in [2.05, 4.69) is 10.5 Å². The SMILES string of the molecule is O=C(O)c1cc(NN=Cc2cccc([N+](=O)[O-])c2)ccc1O. The summed E-state index contributed by atoms with van der Waals surface area (Å²) in [6.45, 7) is 0. The predicted molar refractivity (Wildman–Crippen MR) is 79.4 cm³/mol. The molecule has 0 amide bonds. The van der Waals surface area contributed by atoms with Gasteiger partial charge < -0.3 is 10.2 Å². The van der Waals surface area contributed by atoms with Crippen LogP contribution in [0.4, 0.5) is 11.4 Å². The summed E-state index contributed by atoms with van der Waals surface area (Å²) in [4.78, 5) is 21.0. The third kappa shape index (κ3) is 3.57.